The van der Waals surface area contributed by atoms with Gasteiger partial charge in [-0.2, -0.15) is 5.10 Å². The molecule has 1 N–H and O–H groups in total. The van der Waals surface area contributed by atoms with Crippen molar-refractivity contribution in [3.05, 3.63) is 82.4 Å². The van der Waals surface area contributed by atoms with E-state index in [1.165, 1.54) is 6.20 Å². The Morgan fingerprint density at radius 2 is 1.83 bits per heavy atom. The minimum Gasteiger partial charge on any atom is -0.490 e. The van der Waals surface area contributed by atoms with E-state index in [4.69, 9.17) is 14.6 Å². The highest BCUT2D eigenvalue weighted by atomic mass is 16.5. The Hall–Kier alpha value is -4.73. The van der Waals surface area contributed by atoms with Crippen LogP contribution in [-0.4, -0.2) is 43.6 Å². The van der Waals surface area contributed by atoms with Crippen molar-refractivity contribution in [2.45, 2.75) is 19.8 Å². The fraction of sp³-hybridized carbons (Fsp3) is 0.192. The zero-order valence-corrected chi connectivity index (χ0v) is 19.5. The molecule has 10 heteroatoms. The van der Waals surface area contributed by atoms with Gasteiger partial charge in [0.2, 0.25) is 0 Å². The summed E-state index contributed by atoms with van der Waals surface area (Å²) in [5, 5.41) is 13.3. The van der Waals surface area contributed by atoms with Gasteiger partial charge in [-0.3, -0.25) is 15.0 Å². The number of hydrogen-bond donors (Lipinski definition) is 1. The molecule has 0 unspecified atom stereocenters. The second kappa shape index (κ2) is 8.81. The number of carbonyl (C=O) groups is 1. The van der Waals surface area contributed by atoms with E-state index in [0.29, 0.717) is 47.9 Å². The molecule has 3 aromatic heterocycles. The highest BCUT2D eigenvalue weighted by Gasteiger charge is 2.20. The number of nitrogens with zero attached hydrogens (tertiary/aromatic N) is 5. The lowest BCUT2D eigenvalue weighted by atomic mass is 10.0. The highest BCUT2D eigenvalue weighted by molar-refractivity contribution is 6.00. The minimum atomic E-state index is -0.514. The van der Waals surface area contributed by atoms with Crippen LogP contribution < -0.4 is 20.5 Å². The summed E-state index contributed by atoms with van der Waals surface area (Å²) in [5.41, 5.74) is 6.32. The van der Waals surface area contributed by atoms with Crippen LogP contribution in [0.2, 0.25) is 0 Å². The Morgan fingerprint density at radius 1 is 1.03 bits per heavy atom. The van der Waals surface area contributed by atoms with Crippen molar-refractivity contribution in [2.24, 2.45) is 0 Å². The number of aromatic nitrogens is 5. The van der Waals surface area contributed by atoms with E-state index < -0.39 is 11.5 Å². The van der Waals surface area contributed by atoms with Crippen LogP contribution in [0.15, 0.2) is 65.6 Å². The second-order valence-corrected chi connectivity index (χ2v) is 8.35. The van der Waals surface area contributed by atoms with Gasteiger partial charge in [-0.15, -0.1) is 10.2 Å². The Bertz CT molecular complexity index is 1680. The van der Waals surface area contributed by atoms with Crippen molar-refractivity contribution >= 4 is 22.6 Å². The molecular formula is C26H22N6O4. The Kier molecular flexibility index (Phi) is 5.33. The van der Waals surface area contributed by atoms with Crippen LogP contribution in [0, 0.1) is 0 Å². The number of carbonyl (C=O) groups excluding carboxylic acids is 1. The van der Waals surface area contributed by atoms with E-state index >= 15 is 0 Å². The SMILES string of the molecule is CCc1nn2c(nnc3c(=O)n(NC(=O)c4ccc5c(c4)OCCCO5)ccc32)c1-c1ccccc1. The molecule has 36 heavy (non-hydrogen) atoms. The molecule has 0 fully saturated rings. The average Bonchev–Trinajstić information content (AvgIpc) is 3.13. The molecule has 2 aromatic carbocycles. The van der Waals surface area contributed by atoms with Crippen LogP contribution in [0.1, 0.15) is 29.4 Å². The Balaban J connectivity index is 1.38. The second-order valence-electron chi connectivity index (χ2n) is 8.35. The van der Waals surface area contributed by atoms with Gasteiger partial charge in [0.25, 0.3) is 11.5 Å². The minimum absolute atomic E-state index is 0.0914. The molecule has 0 saturated carbocycles. The molecule has 0 bridgehead atoms. The summed E-state index contributed by atoms with van der Waals surface area (Å²) in [6.45, 7) is 3.09. The van der Waals surface area contributed by atoms with E-state index in [2.05, 4.69) is 15.6 Å². The number of aryl methyl sites for hydroxylation is 1. The molecule has 0 radical (unpaired) electrons. The van der Waals surface area contributed by atoms with Crippen molar-refractivity contribution in [3.63, 3.8) is 0 Å². The molecular weight excluding hydrogens is 460 g/mol. The topological polar surface area (TPSA) is 113 Å². The van der Waals surface area contributed by atoms with Crippen LogP contribution >= 0.6 is 0 Å². The van der Waals surface area contributed by atoms with Gasteiger partial charge in [0.1, 0.15) is 5.52 Å². The van der Waals surface area contributed by atoms with Crippen LogP contribution in [0.4, 0.5) is 0 Å². The van der Waals surface area contributed by atoms with Crippen molar-refractivity contribution in [1.82, 2.24) is 24.5 Å². The lowest BCUT2D eigenvalue weighted by molar-refractivity contribution is 0.101. The van der Waals surface area contributed by atoms with Gasteiger partial charge < -0.3 is 9.47 Å². The molecule has 0 saturated heterocycles. The van der Waals surface area contributed by atoms with Gasteiger partial charge >= 0.3 is 0 Å². The number of hydrogen-bond acceptors (Lipinski definition) is 7. The van der Waals surface area contributed by atoms with Crippen LogP contribution in [0.5, 0.6) is 11.5 Å². The summed E-state index contributed by atoms with van der Waals surface area (Å²) < 4.78 is 14.0. The maximum atomic E-state index is 13.2. The summed E-state index contributed by atoms with van der Waals surface area (Å²) in [4.78, 5) is 26.1. The van der Waals surface area contributed by atoms with Gasteiger partial charge in [0.05, 0.1) is 24.5 Å². The predicted molar refractivity (Wildman–Crippen MR) is 133 cm³/mol. The highest BCUT2D eigenvalue weighted by Crippen LogP contribution is 2.31. The summed E-state index contributed by atoms with van der Waals surface area (Å²) >= 11 is 0. The number of pyridine rings is 1. The number of rotatable bonds is 4. The fourth-order valence-corrected chi connectivity index (χ4v) is 4.31. The zero-order valence-electron chi connectivity index (χ0n) is 19.5. The molecule has 0 aliphatic carbocycles. The molecule has 0 atom stereocenters. The number of benzene rings is 2. The average molecular weight is 483 g/mol. The van der Waals surface area contributed by atoms with Crippen molar-refractivity contribution in [1.29, 1.82) is 0 Å². The summed E-state index contributed by atoms with van der Waals surface area (Å²) in [6.07, 6.45) is 2.94. The van der Waals surface area contributed by atoms with Gasteiger partial charge in [-0.25, -0.2) is 9.19 Å². The third-order valence-electron chi connectivity index (χ3n) is 6.08. The lowest BCUT2D eigenvalue weighted by Crippen LogP contribution is -2.33. The maximum absolute atomic E-state index is 13.2. The maximum Gasteiger partial charge on any atom is 0.299 e. The molecule has 6 rings (SSSR count). The van der Waals surface area contributed by atoms with Gasteiger partial charge in [-0.05, 0) is 36.2 Å². The summed E-state index contributed by atoms with van der Waals surface area (Å²) in [7, 11) is 0. The van der Waals surface area contributed by atoms with E-state index in [0.717, 1.165) is 27.9 Å². The van der Waals surface area contributed by atoms with E-state index in [9.17, 15) is 9.59 Å². The molecule has 1 amide bonds. The first-order valence-electron chi connectivity index (χ1n) is 11.7. The molecule has 10 nitrogen and oxygen atoms in total. The van der Waals surface area contributed by atoms with Crippen LogP contribution in [-0.2, 0) is 6.42 Å². The third-order valence-corrected chi connectivity index (χ3v) is 6.08. The van der Waals surface area contributed by atoms with Crippen molar-refractivity contribution < 1.29 is 14.3 Å². The quantitative estimate of drug-likeness (QED) is 0.419. The first kappa shape index (κ1) is 21.8. The predicted octanol–water partition coefficient (Wildman–Crippen LogP) is 3.21. The zero-order chi connectivity index (χ0) is 24.6. The summed E-state index contributed by atoms with van der Waals surface area (Å²) in [6, 6.07) is 16.5. The standard InChI is InChI=1S/C26H22N6O4/c1-2-18-22(16-7-4-3-5-8-16)24-28-27-23-19(32(24)29-18)11-12-31(26(23)34)30-25(33)17-9-10-20-21(15-17)36-14-6-13-35-20/h3-5,7-12,15H,2,6,13-14H2,1H3,(H,30,33). The number of fused-ring (bicyclic) bond motifs is 4. The van der Waals surface area contributed by atoms with E-state index in [-0.39, 0.29) is 5.52 Å². The number of ether oxygens (including phenoxy) is 2. The monoisotopic (exact) mass is 482 g/mol. The van der Waals surface area contributed by atoms with Gasteiger partial charge in [0.15, 0.2) is 22.7 Å². The fourth-order valence-electron chi connectivity index (χ4n) is 4.31. The van der Waals surface area contributed by atoms with Crippen LogP contribution in [0.3, 0.4) is 0 Å². The first-order valence-corrected chi connectivity index (χ1v) is 11.7. The smallest absolute Gasteiger partial charge is 0.299 e. The molecule has 5 aromatic rings. The number of amides is 1. The molecule has 1 aliphatic rings. The lowest BCUT2D eigenvalue weighted by Gasteiger charge is -2.11. The molecule has 0 spiro atoms. The van der Waals surface area contributed by atoms with Gasteiger partial charge in [0, 0.05) is 18.2 Å². The first-order chi connectivity index (χ1) is 17.6. The van der Waals surface area contributed by atoms with Crippen molar-refractivity contribution in [3.8, 4) is 22.6 Å². The van der Waals surface area contributed by atoms with E-state index in [1.54, 1.807) is 28.8 Å². The normalized spacial score (nSPS) is 13.0. The third kappa shape index (κ3) is 3.63. The Labute approximate surface area is 205 Å². The largest absolute Gasteiger partial charge is 0.490 e. The Morgan fingerprint density at radius 3 is 2.64 bits per heavy atom. The van der Waals surface area contributed by atoms with Crippen molar-refractivity contribution in [2.75, 3.05) is 18.6 Å². The van der Waals surface area contributed by atoms with E-state index in [1.807, 2.05) is 37.3 Å². The summed E-state index contributed by atoms with van der Waals surface area (Å²) in [5.74, 6) is 0.616. The molecule has 1 aliphatic heterocycles. The number of nitrogens with one attached hydrogen (secondary N) is 1. The molecule has 4 heterocycles. The molecule has 180 valence electrons. The van der Waals surface area contributed by atoms with Gasteiger partial charge in [-0.1, -0.05) is 37.3 Å². The van der Waals surface area contributed by atoms with Crippen LogP contribution in [0.25, 0.3) is 27.8 Å².